The topological polar surface area (TPSA) is 55.8 Å². The highest BCUT2D eigenvalue weighted by molar-refractivity contribution is 6.02. The molecule has 0 N–H and O–H groups in total. The van der Waals surface area contributed by atoms with Gasteiger partial charge in [0.2, 0.25) is 0 Å². The van der Waals surface area contributed by atoms with Gasteiger partial charge >= 0.3 is 0 Å². The minimum Gasteiger partial charge on any atom is -0.497 e. The Labute approximate surface area is 153 Å². The fourth-order valence-corrected chi connectivity index (χ4v) is 3.15. The summed E-state index contributed by atoms with van der Waals surface area (Å²) in [6.45, 7) is 2.52. The van der Waals surface area contributed by atoms with Gasteiger partial charge in [-0.1, -0.05) is 17.7 Å². The zero-order valence-corrected chi connectivity index (χ0v) is 15.1. The van der Waals surface area contributed by atoms with Gasteiger partial charge in [0.1, 0.15) is 11.5 Å². The van der Waals surface area contributed by atoms with Crippen molar-refractivity contribution in [2.45, 2.75) is 25.8 Å². The van der Waals surface area contributed by atoms with Crippen molar-refractivity contribution >= 4 is 11.7 Å². The van der Waals surface area contributed by atoms with Crippen LogP contribution >= 0.6 is 0 Å². The number of hydrogen-bond acceptors (Lipinski definition) is 4. The van der Waals surface area contributed by atoms with E-state index < -0.39 is 6.04 Å². The molecule has 1 heterocycles. The van der Waals surface area contributed by atoms with Crippen molar-refractivity contribution in [2.24, 2.45) is 0 Å². The second kappa shape index (κ2) is 8.04. The first-order chi connectivity index (χ1) is 12.6. The van der Waals surface area contributed by atoms with Gasteiger partial charge in [-0.05, 0) is 56.2 Å². The molecule has 0 bridgehead atoms. The van der Waals surface area contributed by atoms with Crippen molar-refractivity contribution in [2.75, 3.05) is 20.3 Å². The van der Waals surface area contributed by atoms with Crippen LogP contribution in [0.4, 0.5) is 0 Å². The lowest BCUT2D eigenvalue weighted by molar-refractivity contribution is -0.133. The van der Waals surface area contributed by atoms with E-state index in [4.69, 9.17) is 9.47 Å². The maximum Gasteiger partial charge on any atom is 0.261 e. The van der Waals surface area contributed by atoms with Crippen molar-refractivity contribution in [3.05, 3.63) is 59.7 Å². The molecule has 26 heavy (non-hydrogen) atoms. The smallest absolute Gasteiger partial charge is 0.261 e. The Morgan fingerprint density at radius 1 is 1.04 bits per heavy atom. The number of nitrogens with zero attached hydrogens (tertiary/aromatic N) is 1. The third-order valence-electron chi connectivity index (χ3n) is 4.63. The molecule has 0 saturated carbocycles. The quantitative estimate of drug-likeness (QED) is 0.748. The summed E-state index contributed by atoms with van der Waals surface area (Å²) in [5, 5.41) is 0. The van der Waals surface area contributed by atoms with E-state index in [0.717, 1.165) is 12.0 Å². The van der Waals surface area contributed by atoms with Crippen LogP contribution in [0.1, 0.15) is 28.8 Å². The standard InChI is InChI=1S/C21H23NO4/c1-15-5-9-18(10-6-15)26-14-20(23)22-13-3-4-19(22)21(24)16-7-11-17(25-2)12-8-16/h5-12,19H,3-4,13-14H2,1-2H3. The molecule has 1 saturated heterocycles. The number of carbonyl (C=O) groups is 2. The van der Waals surface area contributed by atoms with Gasteiger partial charge in [0, 0.05) is 12.1 Å². The Morgan fingerprint density at radius 3 is 2.35 bits per heavy atom. The summed E-state index contributed by atoms with van der Waals surface area (Å²) in [6, 6.07) is 14.1. The molecule has 1 unspecified atom stereocenters. The van der Waals surface area contributed by atoms with Crippen molar-refractivity contribution in [3.63, 3.8) is 0 Å². The van der Waals surface area contributed by atoms with Gasteiger partial charge in [0.15, 0.2) is 12.4 Å². The zero-order chi connectivity index (χ0) is 18.5. The number of benzene rings is 2. The summed E-state index contributed by atoms with van der Waals surface area (Å²) in [5.41, 5.74) is 1.73. The number of methoxy groups -OCH3 is 1. The van der Waals surface area contributed by atoms with Crippen LogP contribution in [-0.2, 0) is 4.79 Å². The average Bonchev–Trinajstić information content (AvgIpc) is 3.16. The lowest BCUT2D eigenvalue weighted by Gasteiger charge is -2.24. The van der Waals surface area contributed by atoms with E-state index in [1.54, 1.807) is 36.3 Å². The number of aryl methyl sites for hydroxylation is 1. The summed E-state index contributed by atoms with van der Waals surface area (Å²) in [7, 11) is 1.59. The van der Waals surface area contributed by atoms with Crippen LogP contribution in [0.15, 0.2) is 48.5 Å². The van der Waals surface area contributed by atoms with E-state index in [-0.39, 0.29) is 18.3 Å². The monoisotopic (exact) mass is 353 g/mol. The molecular weight excluding hydrogens is 330 g/mol. The highest BCUT2D eigenvalue weighted by Crippen LogP contribution is 2.23. The molecule has 2 aromatic carbocycles. The minimum absolute atomic E-state index is 0.0335. The normalized spacial score (nSPS) is 16.4. The number of rotatable bonds is 6. The molecule has 0 aliphatic carbocycles. The second-order valence-electron chi connectivity index (χ2n) is 6.44. The first-order valence-electron chi connectivity index (χ1n) is 8.75. The van der Waals surface area contributed by atoms with Crippen LogP contribution in [0.25, 0.3) is 0 Å². The van der Waals surface area contributed by atoms with Crippen LogP contribution in [0.2, 0.25) is 0 Å². The van der Waals surface area contributed by atoms with Gasteiger partial charge in [0.05, 0.1) is 13.2 Å². The highest BCUT2D eigenvalue weighted by atomic mass is 16.5. The largest absolute Gasteiger partial charge is 0.497 e. The summed E-state index contributed by atoms with van der Waals surface area (Å²) < 4.78 is 10.7. The molecule has 1 fully saturated rings. The third-order valence-corrected chi connectivity index (χ3v) is 4.63. The second-order valence-corrected chi connectivity index (χ2v) is 6.44. The molecule has 2 aromatic rings. The number of Topliss-reactive ketones (excluding diaryl/α,β-unsaturated/α-hetero) is 1. The Balaban J connectivity index is 1.63. The predicted molar refractivity (Wildman–Crippen MR) is 98.7 cm³/mol. The number of ketones is 1. The molecule has 5 nitrogen and oxygen atoms in total. The minimum atomic E-state index is -0.419. The van der Waals surface area contributed by atoms with Crippen LogP contribution in [0.3, 0.4) is 0 Å². The average molecular weight is 353 g/mol. The fourth-order valence-electron chi connectivity index (χ4n) is 3.15. The van der Waals surface area contributed by atoms with E-state index in [9.17, 15) is 9.59 Å². The predicted octanol–water partition coefficient (Wildman–Crippen LogP) is 3.26. The van der Waals surface area contributed by atoms with E-state index in [2.05, 4.69) is 0 Å². The van der Waals surface area contributed by atoms with Gasteiger partial charge in [-0.2, -0.15) is 0 Å². The zero-order valence-electron chi connectivity index (χ0n) is 15.1. The van der Waals surface area contributed by atoms with Crippen LogP contribution in [0.5, 0.6) is 11.5 Å². The first kappa shape index (κ1) is 18.0. The van der Waals surface area contributed by atoms with Crippen molar-refractivity contribution in [1.29, 1.82) is 0 Å². The van der Waals surface area contributed by atoms with Crippen molar-refractivity contribution < 1.29 is 19.1 Å². The number of hydrogen-bond donors (Lipinski definition) is 0. The highest BCUT2D eigenvalue weighted by Gasteiger charge is 2.34. The van der Waals surface area contributed by atoms with Gasteiger partial charge < -0.3 is 14.4 Å². The van der Waals surface area contributed by atoms with E-state index in [1.165, 1.54) is 0 Å². The van der Waals surface area contributed by atoms with E-state index in [0.29, 0.717) is 30.0 Å². The molecule has 0 spiro atoms. The Hall–Kier alpha value is -2.82. The van der Waals surface area contributed by atoms with Crippen molar-refractivity contribution in [1.82, 2.24) is 4.90 Å². The van der Waals surface area contributed by atoms with Crippen LogP contribution in [-0.4, -0.2) is 42.9 Å². The van der Waals surface area contributed by atoms with Gasteiger partial charge in [0.25, 0.3) is 5.91 Å². The molecule has 1 aliphatic rings. The Morgan fingerprint density at radius 2 is 1.69 bits per heavy atom. The molecule has 136 valence electrons. The van der Waals surface area contributed by atoms with E-state index >= 15 is 0 Å². The summed E-state index contributed by atoms with van der Waals surface area (Å²) in [4.78, 5) is 27.0. The molecule has 1 atom stereocenters. The molecule has 1 aliphatic heterocycles. The van der Waals surface area contributed by atoms with E-state index in [1.807, 2.05) is 31.2 Å². The van der Waals surface area contributed by atoms with Crippen LogP contribution in [0, 0.1) is 6.92 Å². The lowest BCUT2D eigenvalue weighted by atomic mass is 10.0. The molecule has 0 aromatic heterocycles. The lowest BCUT2D eigenvalue weighted by Crippen LogP contribution is -2.42. The number of ether oxygens (including phenoxy) is 2. The fraction of sp³-hybridized carbons (Fsp3) is 0.333. The Kier molecular flexibility index (Phi) is 5.56. The SMILES string of the molecule is COc1ccc(C(=O)C2CCCN2C(=O)COc2ccc(C)cc2)cc1. The number of amides is 1. The van der Waals surface area contributed by atoms with Gasteiger partial charge in [-0.25, -0.2) is 0 Å². The molecule has 0 radical (unpaired) electrons. The summed E-state index contributed by atoms with van der Waals surface area (Å²) in [6.07, 6.45) is 1.50. The molecular formula is C21H23NO4. The molecule has 5 heteroatoms. The Bertz CT molecular complexity index is 768. The van der Waals surface area contributed by atoms with Crippen LogP contribution < -0.4 is 9.47 Å². The molecule has 3 rings (SSSR count). The summed E-state index contributed by atoms with van der Waals surface area (Å²) >= 11 is 0. The maximum atomic E-state index is 12.8. The first-order valence-corrected chi connectivity index (χ1v) is 8.75. The van der Waals surface area contributed by atoms with Gasteiger partial charge in [-0.15, -0.1) is 0 Å². The summed E-state index contributed by atoms with van der Waals surface area (Å²) in [5.74, 6) is 1.16. The maximum absolute atomic E-state index is 12.8. The third kappa shape index (κ3) is 4.04. The number of likely N-dealkylation sites (tertiary alicyclic amines) is 1. The van der Waals surface area contributed by atoms with Gasteiger partial charge in [-0.3, -0.25) is 9.59 Å². The number of carbonyl (C=O) groups excluding carboxylic acids is 2. The molecule has 1 amide bonds. The van der Waals surface area contributed by atoms with Crippen molar-refractivity contribution in [3.8, 4) is 11.5 Å².